The Bertz CT molecular complexity index is 1060. The fourth-order valence-corrected chi connectivity index (χ4v) is 3.37. The van der Waals surface area contributed by atoms with Crippen molar-refractivity contribution in [3.05, 3.63) is 54.2 Å². The Morgan fingerprint density at radius 2 is 1.77 bits per heavy atom. The molecule has 0 atom stereocenters. The topological polar surface area (TPSA) is 78.3 Å². The quantitative estimate of drug-likeness (QED) is 0.603. The Morgan fingerprint density at radius 1 is 1.00 bits per heavy atom. The Hall–Kier alpha value is -3.35. The number of piperazine rings is 1. The molecule has 2 aromatic heterocycles. The van der Waals surface area contributed by atoms with Crippen molar-refractivity contribution < 1.29 is 9.21 Å². The number of carbonyl (C=O) groups is 1. The molecule has 0 saturated carbocycles. The molecule has 7 nitrogen and oxygen atoms in total. The van der Waals surface area contributed by atoms with Crippen molar-refractivity contribution in [1.82, 2.24) is 20.1 Å². The molecule has 4 aromatic rings. The smallest absolute Gasteiger partial charge is 0.298 e. The largest absolute Gasteiger partial charge is 0.423 e. The highest BCUT2D eigenvalue weighted by molar-refractivity contribution is 6.04. The number of hydrogen-bond donors (Lipinski definition) is 1. The number of benzene rings is 2. The molecule has 7 heteroatoms. The van der Waals surface area contributed by atoms with Crippen LogP contribution < -0.4 is 4.90 Å². The van der Waals surface area contributed by atoms with Crippen molar-refractivity contribution >= 4 is 33.9 Å². The van der Waals surface area contributed by atoms with E-state index in [1.807, 2.05) is 53.4 Å². The average Bonchev–Trinajstić information content (AvgIpc) is 3.32. The predicted octanol–water partition coefficient (Wildman–Crippen LogP) is 2.67. The number of H-pyrrole nitrogens is 1. The summed E-state index contributed by atoms with van der Waals surface area (Å²) >= 11 is 0. The lowest BCUT2D eigenvalue weighted by Crippen LogP contribution is -2.49. The van der Waals surface area contributed by atoms with Crippen LogP contribution in [0.15, 0.2) is 52.9 Å². The first kappa shape index (κ1) is 14.9. The molecule has 130 valence electrons. The van der Waals surface area contributed by atoms with Gasteiger partial charge in [-0.2, -0.15) is 10.1 Å². The number of carbonyl (C=O) groups excluding carboxylic acids is 1. The Labute approximate surface area is 149 Å². The molecule has 26 heavy (non-hydrogen) atoms. The molecule has 1 saturated heterocycles. The number of para-hydroxylation sites is 3. The van der Waals surface area contributed by atoms with E-state index in [1.165, 1.54) is 0 Å². The molecule has 3 heterocycles. The van der Waals surface area contributed by atoms with Gasteiger partial charge in [-0.1, -0.05) is 30.3 Å². The van der Waals surface area contributed by atoms with Gasteiger partial charge in [-0.25, -0.2) is 0 Å². The number of hydrogen-bond acceptors (Lipinski definition) is 5. The minimum atomic E-state index is -0.0420. The molecule has 2 aromatic carbocycles. The summed E-state index contributed by atoms with van der Waals surface area (Å²) in [5.74, 6) is -0.0420. The molecule has 1 aliphatic heterocycles. The second kappa shape index (κ2) is 5.87. The van der Waals surface area contributed by atoms with Crippen LogP contribution in [0.5, 0.6) is 0 Å². The first-order valence-electron chi connectivity index (χ1n) is 8.62. The summed E-state index contributed by atoms with van der Waals surface area (Å²) in [5, 5.41) is 8.00. The van der Waals surface area contributed by atoms with Crippen LogP contribution in [0.2, 0.25) is 0 Å². The molecular weight excluding hydrogens is 330 g/mol. The van der Waals surface area contributed by atoms with Gasteiger partial charge < -0.3 is 14.2 Å². The fourth-order valence-electron chi connectivity index (χ4n) is 3.37. The molecule has 1 fully saturated rings. The highest BCUT2D eigenvalue weighted by atomic mass is 16.4. The lowest BCUT2D eigenvalue weighted by atomic mass is 10.2. The van der Waals surface area contributed by atoms with Gasteiger partial charge in [-0.3, -0.25) is 9.89 Å². The van der Waals surface area contributed by atoms with Gasteiger partial charge >= 0.3 is 0 Å². The third-order valence-electron chi connectivity index (χ3n) is 4.79. The Morgan fingerprint density at radius 3 is 2.62 bits per heavy atom. The zero-order valence-electron chi connectivity index (χ0n) is 14.1. The fraction of sp³-hybridized carbons (Fsp3) is 0.211. The van der Waals surface area contributed by atoms with E-state index in [4.69, 9.17) is 4.42 Å². The van der Waals surface area contributed by atoms with E-state index in [9.17, 15) is 4.79 Å². The number of rotatable bonds is 2. The summed E-state index contributed by atoms with van der Waals surface area (Å²) in [5.41, 5.74) is 2.99. The molecule has 1 aliphatic rings. The SMILES string of the molecule is O=C(c1n[nH]c2ccccc12)N1CCN(c2nc3ccccc3o2)CC1. The average molecular weight is 347 g/mol. The predicted molar refractivity (Wildman–Crippen MR) is 98.2 cm³/mol. The minimum Gasteiger partial charge on any atom is -0.423 e. The number of oxazole rings is 1. The summed E-state index contributed by atoms with van der Waals surface area (Å²) < 4.78 is 5.83. The first-order valence-corrected chi connectivity index (χ1v) is 8.62. The molecule has 5 rings (SSSR count). The maximum atomic E-state index is 12.8. The van der Waals surface area contributed by atoms with Gasteiger partial charge in [0.05, 0.1) is 5.52 Å². The molecule has 0 unspecified atom stereocenters. The molecule has 0 bridgehead atoms. The molecular formula is C19H17N5O2. The van der Waals surface area contributed by atoms with E-state index in [1.54, 1.807) is 0 Å². The van der Waals surface area contributed by atoms with Crippen molar-refractivity contribution in [2.24, 2.45) is 0 Å². The lowest BCUT2D eigenvalue weighted by Gasteiger charge is -2.33. The molecule has 1 N–H and O–H groups in total. The molecule has 0 aliphatic carbocycles. The third-order valence-corrected chi connectivity index (χ3v) is 4.79. The van der Waals surface area contributed by atoms with Gasteiger partial charge in [0.25, 0.3) is 11.9 Å². The standard InChI is InChI=1S/C19H17N5O2/c25-18(17-13-5-1-2-6-14(13)21-22-17)23-9-11-24(12-10-23)19-20-15-7-3-4-8-16(15)26-19/h1-8H,9-12H2,(H,21,22). The van der Waals surface area contributed by atoms with Gasteiger partial charge in [-0.15, -0.1) is 0 Å². The van der Waals surface area contributed by atoms with Crippen LogP contribution in [-0.2, 0) is 0 Å². The van der Waals surface area contributed by atoms with E-state index in [2.05, 4.69) is 20.1 Å². The van der Waals surface area contributed by atoms with Crippen molar-refractivity contribution in [2.45, 2.75) is 0 Å². The number of anilines is 1. The summed E-state index contributed by atoms with van der Waals surface area (Å²) in [6.07, 6.45) is 0. The summed E-state index contributed by atoms with van der Waals surface area (Å²) in [6.45, 7) is 2.58. The Balaban J connectivity index is 1.33. The highest BCUT2D eigenvalue weighted by Crippen LogP contribution is 2.23. The van der Waals surface area contributed by atoms with Crippen molar-refractivity contribution in [3.8, 4) is 0 Å². The minimum absolute atomic E-state index is 0.0420. The number of fused-ring (bicyclic) bond motifs is 2. The summed E-state index contributed by atoms with van der Waals surface area (Å²) in [7, 11) is 0. The van der Waals surface area contributed by atoms with Gasteiger partial charge in [0.2, 0.25) is 0 Å². The number of aromatic amines is 1. The second-order valence-corrected chi connectivity index (χ2v) is 6.36. The maximum Gasteiger partial charge on any atom is 0.298 e. The van der Waals surface area contributed by atoms with E-state index in [0.717, 1.165) is 22.0 Å². The normalized spacial score (nSPS) is 15.1. The van der Waals surface area contributed by atoms with Crippen LogP contribution in [-0.4, -0.2) is 52.2 Å². The van der Waals surface area contributed by atoms with E-state index in [-0.39, 0.29) is 5.91 Å². The van der Waals surface area contributed by atoms with E-state index < -0.39 is 0 Å². The van der Waals surface area contributed by atoms with Crippen molar-refractivity contribution in [3.63, 3.8) is 0 Å². The maximum absolute atomic E-state index is 12.8. The first-order chi connectivity index (χ1) is 12.8. The molecule has 0 spiro atoms. The highest BCUT2D eigenvalue weighted by Gasteiger charge is 2.27. The van der Waals surface area contributed by atoms with Crippen LogP contribution in [0.4, 0.5) is 6.01 Å². The Kier molecular flexibility index (Phi) is 3.38. The number of amides is 1. The second-order valence-electron chi connectivity index (χ2n) is 6.36. The van der Waals surface area contributed by atoms with Gasteiger partial charge in [0.1, 0.15) is 5.52 Å². The number of nitrogens with zero attached hydrogens (tertiary/aromatic N) is 4. The third kappa shape index (κ3) is 2.40. The van der Waals surface area contributed by atoms with Crippen LogP contribution >= 0.6 is 0 Å². The lowest BCUT2D eigenvalue weighted by molar-refractivity contribution is 0.0741. The summed E-state index contributed by atoms with van der Waals surface area (Å²) in [4.78, 5) is 21.3. The zero-order chi connectivity index (χ0) is 17.5. The van der Waals surface area contributed by atoms with Crippen LogP contribution in [0.25, 0.3) is 22.0 Å². The molecule has 1 amide bonds. The van der Waals surface area contributed by atoms with E-state index in [0.29, 0.717) is 37.9 Å². The van der Waals surface area contributed by atoms with Gasteiger partial charge in [-0.05, 0) is 18.2 Å². The van der Waals surface area contributed by atoms with Crippen molar-refractivity contribution in [2.75, 3.05) is 31.1 Å². The van der Waals surface area contributed by atoms with E-state index >= 15 is 0 Å². The van der Waals surface area contributed by atoms with Crippen LogP contribution in [0.1, 0.15) is 10.5 Å². The van der Waals surface area contributed by atoms with Crippen LogP contribution in [0, 0.1) is 0 Å². The van der Waals surface area contributed by atoms with Crippen molar-refractivity contribution in [1.29, 1.82) is 0 Å². The van der Waals surface area contributed by atoms with Gasteiger partial charge in [0, 0.05) is 31.6 Å². The van der Waals surface area contributed by atoms with Crippen LogP contribution in [0.3, 0.4) is 0 Å². The number of nitrogens with one attached hydrogen (secondary N) is 1. The molecule has 0 radical (unpaired) electrons. The monoisotopic (exact) mass is 347 g/mol. The summed E-state index contributed by atoms with van der Waals surface area (Å²) in [6, 6.07) is 16.0. The van der Waals surface area contributed by atoms with Gasteiger partial charge in [0.15, 0.2) is 11.3 Å². The number of aromatic nitrogens is 3. The zero-order valence-corrected chi connectivity index (χ0v) is 14.1.